The first kappa shape index (κ1) is 24.7. The van der Waals surface area contributed by atoms with E-state index in [1.165, 1.54) is 6.42 Å². The monoisotopic (exact) mass is 508 g/mol. The molecule has 7 rings (SSSR count). The van der Waals surface area contributed by atoms with Gasteiger partial charge in [-0.05, 0) is 50.3 Å². The molecular weight excluding hydrogens is 468 g/mol. The van der Waals surface area contributed by atoms with Crippen LogP contribution < -0.4 is 9.64 Å². The van der Waals surface area contributed by atoms with Crippen LogP contribution in [0, 0.1) is 11.8 Å². The van der Waals surface area contributed by atoms with E-state index in [2.05, 4.69) is 31.1 Å². The standard InChI is InChI=1S/C28H40N6O3/c1-37-25-8-4-3-7-24(25)31-13-15-32(16-14-31)27(35)23-19-33-12-9-21(23)17-22(33)18-34-20-26(29-30-34)28(36)10-5-2-6-11-28/h3-4,7-8,20-23,36H,2,5-6,9-19H2,1H3/t21-,22+,23+/m0/s1. The summed E-state index contributed by atoms with van der Waals surface area (Å²) in [5, 5.41) is 19.7. The molecule has 4 saturated heterocycles. The summed E-state index contributed by atoms with van der Waals surface area (Å²) in [7, 11) is 1.71. The number of para-hydroxylation sites is 2. The zero-order valence-electron chi connectivity index (χ0n) is 22.0. The SMILES string of the molecule is COc1ccccc1N1CCN(C(=O)[C@@H]2CN3CC[C@H]2C[C@@H]3Cn2cc(C3(O)CCCCC3)nn2)CC1. The highest BCUT2D eigenvalue weighted by Gasteiger charge is 2.45. The Morgan fingerprint density at radius 1 is 1.11 bits per heavy atom. The van der Waals surface area contributed by atoms with Crippen molar-refractivity contribution in [3.05, 3.63) is 36.2 Å². The number of aromatic nitrogens is 3. The van der Waals surface area contributed by atoms with Gasteiger partial charge in [0.2, 0.25) is 5.91 Å². The molecule has 4 atom stereocenters. The summed E-state index contributed by atoms with van der Waals surface area (Å²) in [6.07, 6.45) is 8.91. The Morgan fingerprint density at radius 3 is 2.62 bits per heavy atom. The maximum Gasteiger partial charge on any atom is 0.227 e. The van der Waals surface area contributed by atoms with Crippen molar-refractivity contribution in [3.63, 3.8) is 0 Å². The average Bonchev–Trinajstić information content (AvgIpc) is 3.43. The molecule has 5 aliphatic rings. The third-order valence-electron chi connectivity index (χ3n) is 9.31. The van der Waals surface area contributed by atoms with E-state index >= 15 is 0 Å². The molecule has 1 amide bonds. The van der Waals surface area contributed by atoms with E-state index in [1.54, 1.807) is 7.11 Å². The van der Waals surface area contributed by atoms with Gasteiger partial charge in [0, 0.05) is 38.8 Å². The average molecular weight is 509 g/mol. The number of methoxy groups -OCH3 is 1. The van der Waals surface area contributed by atoms with Crippen molar-refractivity contribution >= 4 is 11.6 Å². The van der Waals surface area contributed by atoms with Crippen LogP contribution in [-0.2, 0) is 16.9 Å². The Kier molecular flexibility index (Phi) is 6.84. The van der Waals surface area contributed by atoms with Crippen molar-refractivity contribution in [2.75, 3.05) is 51.3 Å². The number of carbonyl (C=O) groups excluding carboxylic acids is 1. The third kappa shape index (κ3) is 4.83. The lowest BCUT2D eigenvalue weighted by molar-refractivity contribution is -0.144. The molecule has 37 heavy (non-hydrogen) atoms. The van der Waals surface area contributed by atoms with Crippen LogP contribution in [-0.4, -0.2) is 88.2 Å². The molecule has 200 valence electrons. The number of piperidine rings is 3. The highest BCUT2D eigenvalue weighted by Crippen LogP contribution is 2.39. The molecule has 1 saturated carbocycles. The van der Waals surface area contributed by atoms with Crippen LogP contribution in [0.4, 0.5) is 5.69 Å². The van der Waals surface area contributed by atoms with E-state index in [-0.39, 0.29) is 5.92 Å². The molecule has 5 fully saturated rings. The number of carbonyl (C=O) groups is 1. The van der Waals surface area contributed by atoms with E-state index in [4.69, 9.17) is 4.74 Å². The number of ether oxygens (including phenoxy) is 1. The number of hydrogen-bond acceptors (Lipinski definition) is 7. The van der Waals surface area contributed by atoms with E-state index in [0.717, 1.165) is 101 Å². The minimum atomic E-state index is -0.810. The Labute approximate surface area is 219 Å². The van der Waals surface area contributed by atoms with Gasteiger partial charge < -0.3 is 19.6 Å². The number of benzene rings is 1. The number of amides is 1. The normalized spacial score (nSPS) is 29.4. The summed E-state index contributed by atoms with van der Waals surface area (Å²) >= 11 is 0. The van der Waals surface area contributed by atoms with Crippen molar-refractivity contribution in [1.82, 2.24) is 24.8 Å². The maximum atomic E-state index is 13.6. The summed E-state index contributed by atoms with van der Waals surface area (Å²) in [4.78, 5) is 20.5. The molecule has 4 aliphatic heterocycles. The molecule has 1 unspecified atom stereocenters. The molecule has 2 bridgehead atoms. The first-order chi connectivity index (χ1) is 18.0. The zero-order chi connectivity index (χ0) is 25.4. The van der Waals surface area contributed by atoms with Gasteiger partial charge >= 0.3 is 0 Å². The van der Waals surface area contributed by atoms with Crippen molar-refractivity contribution in [2.45, 2.75) is 63.1 Å². The predicted molar refractivity (Wildman–Crippen MR) is 140 cm³/mol. The minimum Gasteiger partial charge on any atom is -0.495 e. The van der Waals surface area contributed by atoms with Gasteiger partial charge in [-0.3, -0.25) is 14.4 Å². The van der Waals surface area contributed by atoms with Crippen LogP contribution in [0.1, 0.15) is 50.6 Å². The molecule has 0 radical (unpaired) electrons. The number of aliphatic hydroxyl groups is 1. The van der Waals surface area contributed by atoms with Gasteiger partial charge in [0.05, 0.1) is 31.5 Å². The summed E-state index contributed by atoms with van der Waals surface area (Å²) < 4.78 is 7.46. The smallest absolute Gasteiger partial charge is 0.227 e. The lowest BCUT2D eigenvalue weighted by Crippen LogP contribution is -2.60. The van der Waals surface area contributed by atoms with Crippen LogP contribution in [0.2, 0.25) is 0 Å². The van der Waals surface area contributed by atoms with Crippen molar-refractivity contribution in [1.29, 1.82) is 0 Å². The van der Waals surface area contributed by atoms with Gasteiger partial charge in [-0.1, -0.05) is 36.6 Å². The highest BCUT2D eigenvalue weighted by molar-refractivity contribution is 5.80. The Balaban J connectivity index is 1.04. The maximum absolute atomic E-state index is 13.6. The summed E-state index contributed by atoms with van der Waals surface area (Å²) in [6, 6.07) is 8.49. The van der Waals surface area contributed by atoms with Crippen LogP contribution in [0.3, 0.4) is 0 Å². The number of rotatable bonds is 6. The Bertz CT molecular complexity index is 1090. The van der Waals surface area contributed by atoms with Gasteiger partial charge in [0.25, 0.3) is 0 Å². The molecule has 1 aromatic carbocycles. The second kappa shape index (κ2) is 10.3. The highest BCUT2D eigenvalue weighted by atomic mass is 16.5. The fraction of sp³-hybridized carbons (Fsp3) is 0.679. The van der Waals surface area contributed by atoms with Crippen LogP contribution in [0.5, 0.6) is 5.75 Å². The van der Waals surface area contributed by atoms with Gasteiger partial charge in [-0.2, -0.15) is 0 Å². The summed E-state index contributed by atoms with van der Waals surface area (Å²) in [5.41, 5.74) is 1.02. The van der Waals surface area contributed by atoms with Gasteiger partial charge in [-0.25, -0.2) is 0 Å². The number of hydrogen-bond donors (Lipinski definition) is 1. The van der Waals surface area contributed by atoms with Crippen LogP contribution in [0.15, 0.2) is 30.5 Å². The first-order valence-corrected chi connectivity index (χ1v) is 14.1. The largest absolute Gasteiger partial charge is 0.495 e. The predicted octanol–water partition coefficient (Wildman–Crippen LogP) is 2.50. The van der Waals surface area contributed by atoms with E-state index in [0.29, 0.717) is 17.9 Å². The first-order valence-electron chi connectivity index (χ1n) is 14.1. The van der Waals surface area contributed by atoms with Crippen molar-refractivity contribution < 1.29 is 14.6 Å². The van der Waals surface area contributed by atoms with E-state index in [1.807, 2.05) is 29.1 Å². The third-order valence-corrected chi connectivity index (χ3v) is 9.31. The molecule has 1 N–H and O–H groups in total. The molecule has 1 aliphatic carbocycles. The van der Waals surface area contributed by atoms with Gasteiger partial charge in [0.1, 0.15) is 17.0 Å². The number of fused-ring (bicyclic) bond motifs is 3. The van der Waals surface area contributed by atoms with E-state index in [9.17, 15) is 9.90 Å². The van der Waals surface area contributed by atoms with E-state index < -0.39 is 5.60 Å². The molecule has 9 heteroatoms. The second-order valence-electron chi connectivity index (χ2n) is 11.4. The fourth-order valence-corrected chi connectivity index (χ4v) is 7.11. The lowest BCUT2D eigenvalue weighted by Gasteiger charge is -2.50. The number of nitrogens with zero attached hydrogens (tertiary/aromatic N) is 6. The topological polar surface area (TPSA) is 87.0 Å². The second-order valence-corrected chi connectivity index (χ2v) is 11.4. The molecule has 2 aromatic rings. The summed E-state index contributed by atoms with van der Waals surface area (Å²) in [6.45, 7) is 5.84. The quantitative estimate of drug-likeness (QED) is 0.642. The van der Waals surface area contributed by atoms with Crippen LogP contribution >= 0.6 is 0 Å². The van der Waals surface area contributed by atoms with Gasteiger partial charge in [0.15, 0.2) is 0 Å². The lowest BCUT2D eigenvalue weighted by atomic mass is 9.75. The molecule has 5 heterocycles. The zero-order valence-corrected chi connectivity index (χ0v) is 22.0. The summed E-state index contributed by atoms with van der Waals surface area (Å²) in [5.74, 6) is 1.74. The number of piperazine rings is 1. The van der Waals surface area contributed by atoms with Crippen molar-refractivity contribution in [3.8, 4) is 5.75 Å². The molecule has 0 spiro atoms. The fourth-order valence-electron chi connectivity index (χ4n) is 7.11. The molecular formula is C28H40N6O3. The Morgan fingerprint density at radius 2 is 1.89 bits per heavy atom. The van der Waals surface area contributed by atoms with Gasteiger partial charge in [-0.15, -0.1) is 5.10 Å². The Hall–Kier alpha value is -2.65. The van der Waals surface area contributed by atoms with Crippen molar-refractivity contribution in [2.24, 2.45) is 11.8 Å². The minimum absolute atomic E-state index is 0.0945. The molecule has 9 nitrogen and oxygen atoms in total. The van der Waals surface area contributed by atoms with Crippen LogP contribution in [0.25, 0.3) is 0 Å². The molecule has 1 aromatic heterocycles. The number of anilines is 1.